The second-order valence-corrected chi connectivity index (χ2v) is 5.14. The second-order valence-electron chi connectivity index (χ2n) is 3.60. The minimum absolute atomic E-state index is 0.185. The average molecular weight is 283 g/mol. The van der Waals surface area contributed by atoms with Gasteiger partial charge in [-0.3, -0.25) is 0 Å². The third-order valence-electron chi connectivity index (χ3n) is 2.29. The summed E-state index contributed by atoms with van der Waals surface area (Å²) < 4.78 is 66.8. The van der Waals surface area contributed by atoms with Gasteiger partial charge in [-0.15, -0.1) is 0 Å². The minimum atomic E-state index is -5.67. The van der Waals surface area contributed by atoms with E-state index in [1.165, 1.54) is 6.07 Å². The molecule has 100 valence electrons. The predicted octanol–water partition coefficient (Wildman–Crippen LogP) is 1.31. The van der Waals surface area contributed by atoms with Gasteiger partial charge in [-0.2, -0.15) is 21.6 Å². The van der Waals surface area contributed by atoms with Crippen molar-refractivity contribution in [2.45, 2.75) is 11.6 Å². The van der Waals surface area contributed by atoms with Gasteiger partial charge in [0.15, 0.2) is 0 Å². The highest BCUT2D eigenvalue weighted by Crippen LogP contribution is 2.35. The highest BCUT2D eigenvalue weighted by molar-refractivity contribution is 7.87. The van der Waals surface area contributed by atoms with Crippen molar-refractivity contribution < 1.29 is 30.5 Å². The van der Waals surface area contributed by atoms with E-state index in [0.29, 0.717) is 5.56 Å². The monoisotopic (exact) mass is 283 g/mol. The maximum Gasteiger partial charge on any atom is 0.534 e. The fourth-order valence-electron chi connectivity index (χ4n) is 1.44. The molecule has 18 heavy (non-hydrogen) atoms. The first-order valence-electron chi connectivity index (χ1n) is 4.74. The van der Waals surface area contributed by atoms with Crippen LogP contribution in [0.25, 0.3) is 0 Å². The molecule has 0 fully saturated rings. The van der Waals surface area contributed by atoms with Gasteiger partial charge < -0.3 is 14.7 Å². The summed E-state index contributed by atoms with van der Waals surface area (Å²) in [6, 6.07) is 3.14. The van der Waals surface area contributed by atoms with Crippen LogP contribution in [0.2, 0.25) is 0 Å². The molecular weight excluding hydrogens is 275 g/mol. The third kappa shape index (κ3) is 2.23. The molecule has 0 saturated carbocycles. The maximum absolute atomic E-state index is 12.1. The van der Waals surface area contributed by atoms with E-state index in [4.69, 9.17) is 10.5 Å². The molecule has 1 aromatic carbocycles. The molecule has 0 aliphatic carbocycles. The van der Waals surface area contributed by atoms with Crippen molar-refractivity contribution >= 4 is 10.1 Å². The SMILES string of the molecule is N[C@@H]1COc2cc(OS(=O)(=O)C(F)(F)F)ccc21. The van der Waals surface area contributed by atoms with E-state index >= 15 is 0 Å². The fraction of sp³-hybridized carbons (Fsp3) is 0.333. The lowest BCUT2D eigenvalue weighted by atomic mass is 10.1. The molecule has 0 aromatic heterocycles. The summed E-state index contributed by atoms with van der Waals surface area (Å²) in [4.78, 5) is 0. The van der Waals surface area contributed by atoms with Crippen molar-refractivity contribution in [1.29, 1.82) is 0 Å². The average Bonchev–Trinajstić information content (AvgIpc) is 2.58. The highest BCUT2D eigenvalue weighted by Gasteiger charge is 2.48. The summed E-state index contributed by atoms with van der Waals surface area (Å²) in [5, 5.41) is 0. The first-order chi connectivity index (χ1) is 8.21. The Morgan fingerprint density at radius 2 is 2.06 bits per heavy atom. The van der Waals surface area contributed by atoms with Crippen LogP contribution in [0.3, 0.4) is 0 Å². The molecule has 0 bridgehead atoms. The molecule has 0 saturated heterocycles. The lowest BCUT2D eigenvalue weighted by Gasteiger charge is -2.10. The molecule has 2 rings (SSSR count). The number of hydrogen-bond donors (Lipinski definition) is 1. The van der Waals surface area contributed by atoms with Crippen LogP contribution in [0.1, 0.15) is 11.6 Å². The number of halogens is 3. The van der Waals surface area contributed by atoms with Gasteiger partial charge in [-0.1, -0.05) is 0 Å². The summed E-state index contributed by atoms with van der Waals surface area (Å²) >= 11 is 0. The number of ether oxygens (including phenoxy) is 1. The van der Waals surface area contributed by atoms with Gasteiger partial charge >= 0.3 is 15.6 Å². The number of nitrogens with two attached hydrogens (primary N) is 1. The highest BCUT2D eigenvalue weighted by atomic mass is 32.2. The third-order valence-corrected chi connectivity index (χ3v) is 3.27. The summed E-state index contributed by atoms with van der Waals surface area (Å²) in [6.45, 7) is 0.185. The zero-order valence-electron chi connectivity index (χ0n) is 8.77. The minimum Gasteiger partial charge on any atom is -0.491 e. The van der Waals surface area contributed by atoms with Crippen LogP contribution in [0.15, 0.2) is 18.2 Å². The van der Waals surface area contributed by atoms with E-state index in [1.807, 2.05) is 0 Å². The zero-order valence-corrected chi connectivity index (χ0v) is 9.59. The van der Waals surface area contributed by atoms with Crippen molar-refractivity contribution in [2.24, 2.45) is 5.73 Å². The molecule has 1 aliphatic heterocycles. The van der Waals surface area contributed by atoms with Crippen molar-refractivity contribution in [3.8, 4) is 11.5 Å². The van der Waals surface area contributed by atoms with E-state index in [2.05, 4.69) is 4.18 Å². The first kappa shape index (κ1) is 13.0. The van der Waals surface area contributed by atoms with Gasteiger partial charge in [0.1, 0.15) is 18.1 Å². The van der Waals surface area contributed by atoms with E-state index in [-0.39, 0.29) is 18.4 Å². The van der Waals surface area contributed by atoms with Crippen LogP contribution in [-0.4, -0.2) is 20.5 Å². The molecule has 0 radical (unpaired) electrons. The molecule has 9 heteroatoms. The van der Waals surface area contributed by atoms with E-state index in [9.17, 15) is 21.6 Å². The molecule has 0 spiro atoms. The number of alkyl halides is 3. The van der Waals surface area contributed by atoms with Crippen molar-refractivity contribution in [3.63, 3.8) is 0 Å². The first-order valence-corrected chi connectivity index (χ1v) is 6.14. The van der Waals surface area contributed by atoms with Crippen LogP contribution in [0, 0.1) is 0 Å². The Bertz CT molecular complexity index is 570. The predicted molar refractivity (Wildman–Crippen MR) is 54.5 cm³/mol. The van der Waals surface area contributed by atoms with Crippen LogP contribution >= 0.6 is 0 Å². The molecule has 0 amide bonds. The van der Waals surface area contributed by atoms with Crippen molar-refractivity contribution in [3.05, 3.63) is 23.8 Å². The van der Waals surface area contributed by atoms with Crippen LogP contribution in [0.4, 0.5) is 13.2 Å². The Kier molecular flexibility index (Phi) is 2.90. The van der Waals surface area contributed by atoms with Crippen molar-refractivity contribution in [1.82, 2.24) is 0 Å². The Hall–Kier alpha value is -1.48. The Labute approximate surface area is 100 Å². The van der Waals surface area contributed by atoms with Gasteiger partial charge in [0.2, 0.25) is 0 Å². The van der Waals surface area contributed by atoms with Gasteiger partial charge in [0, 0.05) is 11.6 Å². The number of rotatable bonds is 2. The summed E-state index contributed by atoms with van der Waals surface area (Å²) in [5.41, 5.74) is 0.749. The van der Waals surface area contributed by atoms with E-state index in [0.717, 1.165) is 12.1 Å². The lowest BCUT2D eigenvalue weighted by molar-refractivity contribution is -0.0500. The molecule has 5 nitrogen and oxygen atoms in total. The van der Waals surface area contributed by atoms with Gasteiger partial charge in [0.25, 0.3) is 0 Å². The van der Waals surface area contributed by atoms with Crippen molar-refractivity contribution in [2.75, 3.05) is 6.61 Å². The lowest BCUT2D eigenvalue weighted by Crippen LogP contribution is -2.28. The smallest absolute Gasteiger partial charge is 0.491 e. The molecule has 1 atom stereocenters. The molecule has 1 aromatic rings. The van der Waals surface area contributed by atoms with Crippen LogP contribution in [0.5, 0.6) is 11.5 Å². The number of fused-ring (bicyclic) bond motifs is 1. The largest absolute Gasteiger partial charge is 0.534 e. The second kappa shape index (κ2) is 4.02. The quantitative estimate of drug-likeness (QED) is 0.654. The van der Waals surface area contributed by atoms with Gasteiger partial charge in [0.05, 0.1) is 6.04 Å². The normalized spacial score (nSPS) is 19.2. The Morgan fingerprint density at radius 1 is 1.39 bits per heavy atom. The number of hydrogen-bond acceptors (Lipinski definition) is 5. The fourth-order valence-corrected chi connectivity index (χ4v) is 1.89. The zero-order chi connectivity index (χ0) is 13.6. The molecular formula is C9H8F3NO4S. The van der Waals surface area contributed by atoms with E-state index in [1.54, 1.807) is 0 Å². The standard InChI is InChI=1S/C9H8F3NO4S/c10-9(11,12)18(14,15)17-5-1-2-6-7(13)4-16-8(6)3-5/h1-3,7H,4,13H2/t7-/m1/s1. The molecule has 1 aliphatic rings. The molecule has 2 N–H and O–H groups in total. The Morgan fingerprint density at radius 3 is 2.67 bits per heavy atom. The van der Waals surface area contributed by atoms with E-state index < -0.39 is 21.4 Å². The molecule has 1 heterocycles. The van der Waals surface area contributed by atoms with Crippen LogP contribution < -0.4 is 14.7 Å². The maximum atomic E-state index is 12.1. The topological polar surface area (TPSA) is 78.6 Å². The Balaban J connectivity index is 2.28. The van der Waals surface area contributed by atoms with Gasteiger partial charge in [-0.25, -0.2) is 0 Å². The van der Waals surface area contributed by atoms with Gasteiger partial charge in [-0.05, 0) is 12.1 Å². The number of benzene rings is 1. The summed E-state index contributed by atoms with van der Waals surface area (Å²) in [6.07, 6.45) is 0. The summed E-state index contributed by atoms with van der Waals surface area (Å²) in [7, 11) is -5.67. The summed E-state index contributed by atoms with van der Waals surface area (Å²) in [5.74, 6) is -0.252. The molecule has 0 unspecified atom stereocenters. The van der Waals surface area contributed by atoms with Crippen LogP contribution in [-0.2, 0) is 10.1 Å².